The van der Waals surface area contributed by atoms with Gasteiger partial charge in [0.25, 0.3) is 5.91 Å². The fourth-order valence-electron chi connectivity index (χ4n) is 3.60. The molecule has 10 nitrogen and oxygen atoms in total. The topological polar surface area (TPSA) is 117 Å². The van der Waals surface area contributed by atoms with Crippen LogP contribution in [-0.2, 0) is 6.54 Å². The number of hydrogen-bond acceptors (Lipinski definition) is 8. The highest BCUT2D eigenvalue weighted by Crippen LogP contribution is 2.32. The van der Waals surface area contributed by atoms with Gasteiger partial charge in [-0.2, -0.15) is 0 Å². The lowest BCUT2D eigenvalue weighted by atomic mass is 10.2. The summed E-state index contributed by atoms with van der Waals surface area (Å²) < 4.78 is 0. The second-order valence-electron chi connectivity index (χ2n) is 7.35. The number of nitrogens with zero attached hydrogens (tertiary/aromatic N) is 5. The number of anilines is 2. The van der Waals surface area contributed by atoms with Gasteiger partial charge in [0.15, 0.2) is 0 Å². The number of carbonyl (C=O) groups excluding carboxylic acids is 1. The third-order valence-electron chi connectivity index (χ3n) is 5.24. The third kappa shape index (κ3) is 4.98. The fraction of sp³-hybridized carbons (Fsp3) is 0.227. The van der Waals surface area contributed by atoms with Crippen molar-refractivity contribution in [2.75, 3.05) is 36.5 Å². The number of piperazine rings is 1. The maximum absolute atomic E-state index is 12.3. The highest BCUT2D eigenvalue weighted by Gasteiger charge is 2.29. The zero-order valence-corrected chi connectivity index (χ0v) is 17.3. The molecule has 0 radical (unpaired) electrons. The molecule has 0 saturated carbocycles. The number of benzene rings is 2. The van der Waals surface area contributed by atoms with E-state index in [0.29, 0.717) is 18.7 Å². The highest BCUT2D eigenvalue weighted by molar-refractivity contribution is 5.95. The Hall–Kier alpha value is -4.05. The first kappa shape index (κ1) is 21.2. The average Bonchev–Trinajstić information content (AvgIpc) is 2.84. The lowest BCUT2D eigenvalue weighted by molar-refractivity contribution is -0.383. The lowest BCUT2D eigenvalue weighted by Crippen LogP contribution is -2.46. The van der Waals surface area contributed by atoms with Crippen molar-refractivity contribution >= 4 is 23.2 Å². The summed E-state index contributed by atoms with van der Waals surface area (Å²) in [6.07, 6.45) is 1.26. The molecule has 2 aromatic carbocycles. The van der Waals surface area contributed by atoms with E-state index in [4.69, 9.17) is 0 Å². The first-order chi connectivity index (χ1) is 15.6. The second-order valence-corrected chi connectivity index (χ2v) is 7.35. The van der Waals surface area contributed by atoms with E-state index in [0.717, 1.165) is 19.6 Å². The van der Waals surface area contributed by atoms with Gasteiger partial charge in [0.2, 0.25) is 11.6 Å². The van der Waals surface area contributed by atoms with Gasteiger partial charge in [0.05, 0.1) is 4.92 Å². The van der Waals surface area contributed by atoms with Gasteiger partial charge < -0.3 is 4.90 Å². The zero-order chi connectivity index (χ0) is 22.3. The zero-order valence-electron chi connectivity index (χ0n) is 17.3. The minimum absolute atomic E-state index is 0.0593. The summed E-state index contributed by atoms with van der Waals surface area (Å²) in [5, 5.41) is 11.8. The Balaban J connectivity index is 1.44. The molecule has 32 heavy (non-hydrogen) atoms. The summed E-state index contributed by atoms with van der Waals surface area (Å²) in [5.74, 6) is -0.244. The van der Waals surface area contributed by atoms with Crippen LogP contribution < -0.4 is 15.8 Å². The summed E-state index contributed by atoms with van der Waals surface area (Å²) in [4.78, 5) is 35.9. The molecule has 3 aromatic rings. The first-order valence-corrected chi connectivity index (χ1v) is 10.2. The van der Waals surface area contributed by atoms with Gasteiger partial charge in [0, 0.05) is 38.3 Å². The minimum atomic E-state index is -0.525. The molecule has 1 aromatic heterocycles. The van der Waals surface area contributed by atoms with E-state index in [9.17, 15) is 14.9 Å². The Morgan fingerprint density at radius 3 is 2.28 bits per heavy atom. The van der Waals surface area contributed by atoms with Crippen LogP contribution in [0, 0.1) is 10.1 Å². The number of hydrazine groups is 1. The maximum Gasteiger partial charge on any atom is 0.355 e. The Kier molecular flexibility index (Phi) is 6.52. The van der Waals surface area contributed by atoms with Gasteiger partial charge in [-0.3, -0.25) is 30.7 Å². The van der Waals surface area contributed by atoms with Gasteiger partial charge in [-0.25, -0.2) is 9.97 Å². The molecule has 0 bridgehead atoms. The lowest BCUT2D eigenvalue weighted by Gasteiger charge is -2.35. The van der Waals surface area contributed by atoms with E-state index in [1.807, 2.05) is 23.1 Å². The van der Waals surface area contributed by atoms with Gasteiger partial charge in [0.1, 0.15) is 6.33 Å². The second kappa shape index (κ2) is 9.84. The predicted molar refractivity (Wildman–Crippen MR) is 120 cm³/mol. The minimum Gasteiger partial charge on any atom is -0.348 e. The van der Waals surface area contributed by atoms with Crippen LogP contribution in [0.25, 0.3) is 0 Å². The van der Waals surface area contributed by atoms with Crippen molar-refractivity contribution in [1.29, 1.82) is 0 Å². The molecule has 0 unspecified atom stereocenters. The van der Waals surface area contributed by atoms with Crippen molar-refractivity contribution in [2.45, 2.75) is 6.54 Å². The van der Waals surface area contributed by atoms with Crippen LogP contribution in [0.2, 0.25) is 0 Å². The molecule has 4 rings (SSSR count). The molecule has 1 aliphatic rings. The van der Waals surface area contributed by atoms with Crippen LogP contribution in [0.3, 0.4) is 0 Å². The smallest absolute Gasteiger partial charge is 0.348 e. The molecule has 2 N–H and O–H groups in total. The summed E-state index contributed by atoms with van der Waals surface area (Å²) in [7, 11) is 0. The number of nitro groups is 1. The van der Waals surface area contributed by atoms with E-state index in [1.165, 1.54) is 11.9 Å². The largest absolute Gasteiger partial charge is 0.355 e. The SMILES string of the molecule is O=C(NNc1ncnc(N2CCN(Cc3ccccc3)CC2)c1[N+](=O)[O-])c1ccccc1. The van der Waals surface area contributed by atoms with Crippen molar-refractivity contribution < 1.29 is 9.72 Å². The monoisotopic (exact) mass is 433 g/mol. The van der Waals surface area contributed by atoms with E-state index in [1.54, 1.807) is 30.3 Å². The van der Waals surface area contributed by atoms with E-state index in [-0.39, 0.29) is 17.3 Å². The van der Waals surface area contributed by atoms with Crippen molar-refractivity contribution in [1.82, 2.24) is 20.3 Å². The number of aromatic nitrogens is 2. The molecule has 0 atom stereocenters. The van der Waals surface area contributed by atoms with E-state index >= 15 is 0 Å². The third-order valence-corrected chi connectivity index (χ3v) is 5.24. The number of carbonyl (C=O) groups is 1. The quantitative estimate of drug-likeness (QED) is 0.431. The molecule has 1 saturated heterocycles. The average molecular weight is 433 g/mol. The van der Waals surface area contributed by atoms with Gasteiger partial charge in [-0.05, 0) is 17.7 Å². The highest BCUT2D eigenvalue weighted by atomic mass is 16.6. The normalized spacial score (nSPS) is 14.1. The van der Waals surface area contributed by atoms with Crippen LogP contribution in [0.15, 0.2) is 67.0 Å². The van der Waals surface area contributed by atoms with Crippen LogP contribution >= 0.6 is 0 Å². The molecule has 1 fully saturated rings. The fourth-order valence-corrected chi connectivity index (χ4v) is 3.60. The van der Waals surface area contributed by atoms with Crippen LogP contribution in [0.1, 0.15) is 15.9 Å². The van der Waals surface area contributed by atoms with E-state index < -0.39 is 10.8 Å². The Morgan fingerprint density at radius 1 is 0.969 bits per heavy atom. The molecular formula is C22H23N7O3. The Bertz CT molecular complexity index is 1070. The first-order valence-electron chi connectivity index (χ1n) is 10.2. The molecule has 1 amide bonds. The maximum atomic E-state index is 12.3. The van der Waals surface area contributed by atoms with Crippen LogP contribution in [0.4, 0.5) is 17.3 Å². The molecule has 2 heterocycles. The Morgan fingerprint density at radius 2 is 1.62 bits per heavy atom. The molecule has 0 spiro atoms. The van der Waals surface area contributed by atoms with Crippen molar-refractivity contribution in [3.05, 3.63) is 88.2 Å². The number of hydrogen-bond donors (Lipinski definition) is 2. The summed E-state index contributed by atoms with van der Waals surface area (Å²) in [6.45, 7) is 3.53. The number of rotatable bonds is 7. The number of nitrogens with one attached hydrogen (secondary N) is 2. The van der Waals surface area contributed by atoms with Crippen molar-refractivity contribution in [3.8, 4) is 0 Å². The standard InChI is InChI=1S/C22H23N7O3/c30-22(18-9-5-2-6-10-18)26-25-20-19(29(31)32)21(24-16-23-20)28-13-11-27(12-14-28)15-17-7-3-1-4-8-17/h1-10,16H,11-15H2,(H,26,30)(H,23,24,25). The van der Waals surface area contributed by atoms with Crippen LogP contribution in [0.5, 0.6) is 0 Å². The van der Waals surface area contributed by atoms with Crippen molar-refractivity contribution in [2.24, 2.45) is 0 Å². The molecule has 164 valence electrons. The summed E-state index contributed by atoms with van der Waals surface area (Å²) >= 11 is 0. The van der Waals surface area contributed by atoms with Gasteiger partial charge in [-0.1, -0.05) is 48.5 Å². The molecule has 1 aliphatic heterocycles. The molecule has 10 heteroatoms. The van der Waals surface area contributed by atoms with Gasteiger partial charge >= 0.3 is 5.69 Å². The summed E-state index contributed by atoms with van der Waals surface area (Å²) in [6, 6.07) is 18.7. The van der Waals surface area contributed by atoms with Crippen molar-refractivity contribution in [3.63, 3.8) is 0 Å². The van der Waals surface area contributed by atoms with Crippen LogP contribution in [-0.4, -0.2) is 51.9 Å². The predicted octanol–water partition coefficient (Wildman–Crippen LogP) is 2.46. The Labute approximate surface area is 185 Å². The molecule has 0 aliphatic carbocycles. The number of amides is 1. The van der Waals surface area contributed by atoms with E-state index in [2.05, 4.69) is 37.9 Å². The summed E-state index contributed by atoms with van der Waals surface area (Å²) in [5.41, 5.74) is 6.44. The van der Waals surface area contributed by atoms with Gasteiger partial charge in [-0.15, -0.1) is 0 Å². The molecular weight excluding hydrogens is 410 g/mol.